The Kier molecular flexibility index (Phi) is 3.63. The van der Waals surface area contributed by atoms with Crippen LogP contribution in [-0.2, 0) is 6.54 Å². The van der Waals surface area contributed by atoms with E-state index in [9.17, 15) is 0 Å². The third kappa shape index (κ3) is 2.45. The van der Waals surface area contributed by atoms with Gasteiger partial charge in [-0.3, -0.25) is 0 Å². The zero-order valence-corrected chi connectivity index (χ0v) is 11.0. The van der Waals surface area contributed by atoms with Crippen LogP contribution in [0.4, 0.5) is 0 Å². The zero-order chi connectivity index (χ0) is 11.5. The van der Waals surface area contributed by atoms with Crippen molar-refractivity contribution in [2.45, 2.75) is 6.54 Å². The summed E-state index contributed by atoms with van der Waals surface area (Å²) >= 11 is 9.48. The van der Waals surface area contributed by atoms with Crippen LogP contribution in [0.3, 0.4) is 0 Å². The van der Waals surface area contributed by atoms with Gasteiger partial charge in [-0.05, 0) is 25.2 Å². The Morgan fingerprint density at radius 1 is 1.44 bits per heavy atom. The molecule has 0 amide bonds. The summed E-state index contributed by atoms with van der Waals surface area (Å²) in [5, 5.41) is 7.59. The summed E-state index contributed by atoms with van der Waals surface area (Å²) in [6.07, 6.45) is 0. The second-order valence-corrected chi connectivity index (χ2v) is 4.66. The number of benzene rings is 1. The minimum atomic E-state index is 0.640. The summed E-state index contributed by atoms with van der Waals surface area (Å²) in [6.45, 7) is 0.678. The number of nitrogens with one attached hydrogen (secondary N) is 1. The summed E-state index contributed by atoms with van der Waals surface area (Å²) in [6, 6.07) is 7.53. The van der Waals surface area contributed by atoms with Crippen molar-refractivity contribution in [2.75, 3.05) is 7.05 Å². The quantitative estimate of drug-likeness (QED) is 0.943. The minimum Gasteiger partial charge on any atom is -0.356 e. The van der Waals surface area contributed by atoms with E-state index in [-0.39, 0.29) is 0 Å². The molecule has 16 heavy (non-hydrogen) atoms. The third-order valence-corrected chi connectivity index (χ3v) is 2.92. The molecule has 1 heterocycles. The average Bonchev–Trinajstić information content (AvgIpc) is 2.67. The molecule has 0 aliphatic carbocycles. The lowest BCUT2D eigenvalue weighted by atomic mass is 10.1. The first-order chi connectivity index (χ1) is 7.70. The molecule has 1 N–H and O–H groups in total. The van der Waals surface area contributed by atoms with E-state index >= 15 is 0 Å². The fourth-order valence-electron chi connectivity index (χ4n) is 1.39. The molecule has 0 aliphatic rings. The van der Waals surface area contributed by atoms with E-state index in [0.717, 1.165) is 15.7 Å². The number of aromatic nitrogens is 1. The number of rotatable bonds is 3. The van der Waals surface area contributed by atoms with E-state index in [4.69, 9.17) is 16.1 Å². The maximum atomic E-state index is 6.12. The molecule has 0 fully saturated rings. The van der Waals surface area contributed by atoms with Crippen molar-refractivity contribution in [1.82, 2.24) is 10.5 Å². The third-order valence-electron chi connectivity index (χ3n) is 2.11. The van der Waals surface area contributed by atoms with E-state index in [2.05, 4.69) is 26.4 Å². The number of nitrogens with zero attached hydrogens (tertiary/aromatic N) is 1. The van der Waals surface area contributed by atoms with Crippen LogP contribution in [0.2, 0.25) is 5.02 Å². The van der Waals surface area contributed by atoms with Crippen molar-refractivity contribution >= 4 is 27.5 Å². The first kappa shape index (κ1) is 11.6. The molecule has 0 aliphatic heterocycles. The van der Waals surface area contributed by atoms with Crippen LogP contribution in [-0.4, -0.2) is 12.2 Å². The Hall–Kier alpha value is -0.840. The molecule has 3 nitrogen and oxygen atoms in total. The minimum absolute atomic E-state index is 0.640. The Morgan fingerprint density at radius 2 is 2.25 bits per heavy atom. The first-order valence-corrected chi connectivity index (χ1v) is 5.93. The summed E-state index contributed by atoms with van der Waals surface area (Å²) in [4.78, 5) is 0. The molecule has 0 saturated carbocycles. The SMILES string of the molecule is CNCc1cc(-c2ccc(Br)cc2Cl)on1. The van der Waals surface area contributed by atoms with Gasteiger partial charge in [0.2, 0.25) is 0 Å². The molecule has 0 radical (unpaired) electrons. The molecule has 0 bridgehead atoms. The van der Waals surface area contributed by atoms with E-state index in [1.807, 2.05) is 31.3 Å². The van der Waals surface area contributed by atoms with Crippen molar-refractivity contribution in [3.63, 3.8) is 0 Å². The van der Waals surface area contributed by atoms with Crippen LogP contribution in [0.25, 0.3) is 11.3 Å². The summed E-state index contributed by atoms with van der Waals surface area (Å²) in [5.74, 6) is 0.683. The van der Waals surface area contributed by atoms with Gasteiger partial charge in [0, 0.05) is 22.6 Å². The fourth-order valence-corrected chi connectivity index (χ4v) is 2.16. The van der Waals surface area contributed by atoms with Gasteiger partial charge in [0.05, 0.1) is 10.7 Å². The molecular weight excluding hydrogens is 291 g/mol. The zero-order valence-electron chi connectivity index (χ0n) is 8.63. The molecule has 0 saturated heterocycles. The van der Waals surface area contributed by atoms with Gasteiger partial charge in [0.15, 0.2) is 5.76 Å². The van der Waals surface area contributed by atoms with Crippen LogP contribution in [0.15, 0.2) is 33.3 Å². The summed E-state index contributed by atoms with van der Waals surface area (Å²) < 4.78 is 6.18. The molecule has 2 aromatic rings. The van der Waals surface area contributed by atoms with Gasteiger partial charge in [-0.1, -0.05) is 32.7 Å². The van der Waals surface area contributed by atoms with E-state index in [1.165, 1.54) is 0 Å². The van der Waals surface area contributed by atoms with Crippen molar-refractivity contribution < 1.29 is 4.52 Å². The lowest BCUT2D eigenvalue weighted by Gasteiger charge is -1.99. The van der Waals surface area contributed by atoms with Crippen molar-refractivity contribution in [2.24, 2.45) is 0 Å². The maximum Gasteiger partial charge on any atom is 0.168 e. The van der Waals surface area contributed by atoms with Crippen LogP contribution in [0.5, 0.6) is 0 Å². The Bertz CT molecular complexity index is 498. The number of hydrogen-bond acceptors (Lipinski definition) is 3. The van der Waals surface area contributed by atoms with Crippen LogP contribution in [0.1, 0.15) is 5.69 Å². The van der Waals surface area contributed by atoms with Crippen LogP contribution < -0.4 is 5.32 Å². The van der Waals surface area contributed by atoms with Crippen molar-refractivity contribution in [3.05, 3.63) is 39.5 Å². The summed E-state index contributed by atoms with van der Waals surface area (Å²) in [5.41, 5.74) is 1.70. The predicted octanol–water partition coefficient (Wildman–Crippen LogP) is 3.48. The van der Waals surface area contributed by atoms with Gasteiger partial charge >= 0.3 is 0 Å². The lowest BCUT2D eigenvalue weighted by Crippen LogP contribution is -2.04. The molecule has 2 rings (SSSR count). The standard InChI is InChI=1S/C11H10BrClN2O/c1-14-6-8-5-11(16-15-8)9-3-2-7(12)4-10(9)13/h2-5,14H,6H2,1H3. The largest absolute Gasteiger partial charge is 0.356 e. The highest BCUT2D eigenvalue weighted by Crippen LogP contribution is 2.30. The van der Waals surface area contributed by atoms with Crippen LogP contribution >= 0.6 is 27.5 Å². The van der Waals surface area contributed by atoms with Gasteiger partial charge in [-0.25, -0.2) is 0 Å². The maximum absolute atomic E-state index is 6.12. The topological polar surface area (TPSA) is 38.1 Å². The Balaban J connectivity index is 2.35. The normalized spacial score (nSPS) is 10.7. The Morgan fingerprint density at radius 3 is 2.94 bits per heavy atom. The molecule has 5 heteroatoms. The smallest absolute Gasteiger partial charge is 0.168 e. The van der Waals surface area contributed by atoms with E-state index in [1.54, 1.807) is 0 Å². The highest BCUT2D eigenvalue weighted by Gasteiger charge is 2.10. The van der Waals surface area contributed by atoms with Gasteiger partial charge in [-0.15, -0.1) is 0 Å². The molecule has 84 valence electrons. The van der Waals surface area contributed by atoms with Gasteiger partial charge < -0.3 is 9.84 Å². The second kappa shape index (κ2) is 4.99. The molecule has 0 unspecified atom stereocenters. The monoisotopic (exact) mass is 300 g/mol. The number of hydrogen-bond donors (Lipinski definition) is 1. The summed E-state index contributed by atoms with van der Waals surface area (Å²) in [7, 11) is 1.86. The molecule has 1 aromatic heterocycles. The first-order valence-electron chi connectivity index (χ1n) is 4.76. The predicted molar refractivity (Wildman–Crippen MR) is 67.4 cm³/mol. The lowest BCUT2D eigenvalue weighted by molar-refractivity contribution is 0.421. The van der Waals surface area contributed by atoms with E-state index < -0.39 is 0 Å². The highest BCUT2D eigenvalue weighted by atomic mass is 79.9. The van der Waals surface area contributed by atoms with Gasteiger partial charge in [0.1, 0.15) is 0 Å². The van der Waals surface area contributed by atoms with Gasteiger partial charge in [0.25, 0.3) is 0 Å². The van der Waals surface area contributed by atoms with Crippen molar-refractivity contribution in [1.29, 1.82) is 0 Å². The second-order valence-electron chi connectivity index (χ2n) is 3.34. The average molecular weight is 302 g/mol. The van der Waals surface area contributed by atoms with Crippen LogP contribution in [0, 0.1) is 0 Å². The van der Waals surface area contributed by atoms with Crippen molar-refractivity contribution in [3.8, 4) is 11.3 Å². The molecular formula is C11H10BrClN2O. The van der Waals surface area contributed by atoms with Gasteiger partial charge in [-0.2, -0.15) is 0 Å². The molecule has 0 atom stereocenters. The molecule has 0 spiro atoms. The Labute approximate surface area is 107 Å². The fraction of sp³-hybridized carbons (Fsp3) is 0.182. The highest BCUT2D eigenvalue weighted by molar-refractivity contribution is 9.10. The number of halogens is 2. The van der Waals surface area contributed by atoms with E-state index in [0.29, 0.717) is 17.3 Å². The molecule has 1 aromatic carbocycles.